The van der Waals surface area contributed by atoms with Gasteiger partial charge >= 0.3 is 0 Å². The monoisotopic (exact) mass is 398 g/mol. The van der Waals surface area contributed by atoms with Gasteiger partial charge in [0, 0.05) is 37.2 Å². The third-order valence-corrected chi connectivity index (χ3v) is 6.00. The van der Waals surface area contributed by atoms with E-state index in [2.05, 4.69) is 45.3 Å². The van der Waals surface area contributed by atoms with Crippen LogP contribution in [-0.4, -0.2) is 36.5 Å². The summed E-state index contributed by atoms with van der Waals surface area (Å²) in [5, 5.41) is 3.80. The Morgan fingerprint density at radius 2 is 1.89 bits per heavy atom. The van der Waals surface area contributed by atoms with Crippen molar-refractivity contribution in [2.24, 2.45) is 0 Å². The average Bonchev–Trinajstić information content (AvgIpc) is 3.21. The highest BCUT2D eigenvalue weighted by Gasteiger charge is 2.30. The van der Waals surface area contributed by atoms with E-state index in [0.717, 1.165) is 43.1 Å². The molecule has 2 aliphatic heterocycles. The molecule has 148 valence electrons. The largest absolute Gasteiger partial charge is 0.355 e. The van der Waals surface area contributed by atoms with Crippen molar-refractivity contribution in [1.29, 1.82) is 0 Å². The van der Waals surface area contributed by atoms with Gasteiger partial charge in [0.05, 0.1) is 0 Å². The number of carbonyl (C=O) groups excluding carboxylic acids is 1. The summed E-state index contributed by atoms with van der Waals surface area (Å²) in [6.45, 7) is 3.81. The van der Waals surface area contributed by atoms with E-state index in [0.29, 0.717) is 13.0 Å². The van der Waals surface area contributed by atoms with E-state index in [-0.39, 0.29) is 18.0 Å². The molecule has 3 N–H and O–H groups in total. The fourth-order valence-corrected chi connectivity index (χ4v) is 4.34. The highest BCUT2D eigenvalue weighted by Crippen LogP contribution is 2.28. The van der Waals surface area contributed by atoms with Crippen LogP contribution in [0.3, 0.4) is 0 Å². The first-order chi connectivity index (χ1) is 13.7. The van der Waals surface area contributed by atoms with Crippen LogP contribution < -0.4 is 16.2 Å². The maximum atomic E-state index is 12.5. The van der Waals surface area contributed by atoms with Crippen molar-refractivity contribution in [2.45, 2.75) is 37.9 Å². The van der Waals surface area contributed by atoms with Crippen molar-refractivity contribution in [1.82, 2.24) is 21.1 Å². The van der Waals surface area contributed by atoms with Crippen molar-refractivity contribution >= 4 is 17.5 Å². The summed E-state index contributed by atoms with van der Waals surface area (Å²) in [5.74, 6) is 0.0473. The van der Waals surface area contributed by atoms with Gasteiger partial charge in [0.1, 0.15) is 6.04 Å². The molecule has 0 saturated carbocycles. The van der Waals surface area contributed by atoms with Crippen LogP contribution in [-0.2, 0) is 17.8 Å². The molecule has 6 heteroatoms. The summed E-state index contributed by atoms with van der Waals surface area (Å²) < 4.78 is 0. The first-order valence-corrected chi connectivity index (χ1v) is 10.4. The normalized spacial score (nSPS) is 22.0. The van der Waals surface area contributed by atoms with E-state index in [1.165, 1.54) is 11.1 Å². The first-order valence-electron chi connectivity index (χ1n) is 10.0. The molecule has 0 bridgehead atoms. The van der Waals surface area contributed by atoms with Gasteiger partial charge in [0.25, 0.3) is 0 Å². The lowest BCUT2D eigenvalue weighted by molar-refractivity contribution is -0.122. The van der Waals surface area contributed by atoms with Gasteiger partial charge < -0.3 is 5.32 Å². The number of halogens is 1. The number of carbonyl (C=O) groups is 1. The van der Waals surface area contributed by atoms with Gasteiger partial charge in [-0.05, 0) is 42.0 Å². The molecule has 5 nitrogen and oxygen atoms in total. The molecule has 0 aromatic heterocycles. The van der Waals surface area contributed by atoms with Crippen molar-refractivity contribution in [3.63, 3.8) is 0 Å². The van der Waals surface area contributed by atoms with Crippen molar-refractivity contribution in [3.8, 4) is 0 Å². The molecule has 2 atom stereocenters. The van der Waals surface area contributed by atoms with Gasteiger partial charge in [-0.1, -0.05) is 54.1 Å². The minimum atomic E-state index is -0.233. The zero-order valence-electron chi connectivity index (χ0n) is 16.0. The second kappa shape index (κ2) is 9.05. The van der Waals surface area contributed by atoms with Gasteiger partial charge in [0.2, 0.25) is 5.91 Å². The molecular weight excluding hydrogens is 372 g/mol. The van der Waals surface area contributed by atoms with Crippen LogP contribution in [0.1, 0.15) is 35.6 Å². The highest BCUT2D eigenvalue weighted by atomic mass is 35.5. The Labute approximate surface area is 171 Å². The molecule has 1 fully saturated rings. The number of fused-ring (bicyclic) bond motifs is 1. The summed E-state index contributed by atoms with van der Waals surface area (Å²) in [4.78, 5) is 14.9. The van der Waals surface area contributed by atoms with Gasteiger partial charge in [-0.25, -0.2) is 10.9 Å². The van der Waals surface area contributed by atoms with Crippen molar-refractivity contribution in [3.05, 3.63) is 70.2 Å². The van der Waals surface area contributed by atoms with Crippen LogP contribution in [0.2, 0.25) is 5.02 Å². The molecule has 1 saturated heterocycles. The van der Waals surface area contributed by atoms with E-state index in [1.807, 2.05) is 24.3 Å². The predicted octanol–water partition coefficient (Wildman–Crippen LogP) is 2.81. The number of hydrogen-bond acceptors (Lipinski definition) is 4. The Balaban J connectivity index is 1.18. The van der Waals surface area contributed by atoms with Crippen molar-refractivity contribution < 1.29 is 4.79 Å². The summed E-state index contributed by atoms with van der Waals surface area (Å²) in [6, 6.07) is 16.3. The zero-order chi connectivity index (χ0) is 19.3. The summed E-state index contributed by atoms with van der Waals surface area (Å²) in [5.41, 5.74) is 10.2. The summed E-state index contributed by atoms with van der Waals surface area (Å²) >= 11 is 6.27. The Hall–Kier alpha value is -1.92. The number of nitrogens with zero attached hydrogens (tertiary/aromatic N) is 1. The third-order valence-electron chi connectivity index (χ3n) is 5.66. The molecule has 2 unspecified atom stereocenters. The van der Waals surface area contributed by atoms with Crippen LogP contribution in [0.5, 0.6) is 0 Å². The van der Waals surface area contributed by atoms with Crippen LogP contribution >= 0.6 is 11.6 Å². The number of hydrogen-bond donors (Lipinski definition) is 3. The fourth-order valence-electron chi connectivity index (χ4n) is 4.07. The Kier molecular flexibility index (Phi) is 6.27. The summed E-state index contributed by atoms with van der Waals surface area (Å²) in [6.07, 6.45) is 2.77. The summed E-state index contributed by atoms with van der Waals surface area (Å²) in [7, 11) is 0. The van der Waals surface area contributed by atoms with Crippen LogP contribution in [0.4, 0.5) is 0 Å². The lowest BCUT2D eigenvalue weighted by Gasteiger charge is -2.28. The molecule has 1 amide bonds. The maximum Gasteiger partial charge on any atom is 0.238 e. The SMILES string of the molecule is O=C(NCCCN1CCc2ccccc2C1)C1CC(c2ccccc2Cl)NN1. The molecule has 2 heterocycles. The van der Waals surface area contributed by atoms with E-state index in [1.54, 1.807) is 0 Å². The number of rotatable bonds is 6. The fraction of sp³-hybridized carbons (Fsp3) is 0.409. The lowest BCUT2D eigenvalue weighted by atomic mass is 10.00. The Morgan fingerprint density at radius 3 is 2.75 bits per heavy atom. The topological polar surface area (TPSA) is 56.4 Å². The zero-order valence-corrected chi connectivity index (χ0v) is 16.7. The van der Waals surface area contributed by atoms with Gasteiger partial charge in [-0.3, -0.25) is 9.69 Å². The van der Waals surface area contributed by atoms with Gasteiger partial charge in [0.15, 0.2) is 0 Å². The molecule has 2 aliphatic rings. The quantitative estimate of drug-likeness (QED) is 0.655. The molecule has 28 heavy (non-hydrogen) atoms. The number of amides is 1. The smallest absolute Gasteiger partial charge is 0.238 e. The van der Waals surface area contributed by atoms with Crippen LogP contribution in [0.15, 0.2) is 48.5 Å². The molecule has 0 aliphatic carbocycles. The average molecular weight is 399 g/mol. The number of hydrazine groups is 1. The van der Waals surface area contributed by atoms with E-state index in [9.17, 15) is 4.79 Å². The second-order valence-electron chi connectivity index (χ2n) is 7.59. The van der Waals surface area contributed by atoms with Gasteiger partial charge in [-0.2, -0.15) is 0 Å². The van der Waals surface area contributed by atoms with Crippen LogP contribution in [0.25, 0.3) is 0 Å². The Morgan fingerprint density at radius 1 is 1.11 bits per heavy atom. The second-order valence-corrected chi connectivity index (χ2v) is 8.00. The number of nitrogens with one attached hydrogen (secondary N) is 3. The molecule has 2 aromatic rings. The van der Waals surface area contributed by atoms with Gasteiger partial charge in [-0.15, -0.1) is 0 Å². The molecular formula is C22H27ClN4O. The molecule has 0 spiro atoms. The van der Waals surface area contributed by atoms with Crippen molar-refractivity contribution in [2.75, 3.05) is 19.6 Å². The highest BCUT2D eigenvalue weighted by molar-refractivity contribution is 6.31. The molecule has 4 rings (SSSR count). The van der Waals surface area contributed by atoms with E-state index in [4.69, 9.17) is 11.6 Å². The first kappa shape index (κ1) is 19.4. The Bertz CT molecular complexity index is 828. The third kappa shape index (κ3) is 4.55. The van der Waals surface area contributed by atoms with E-state index < -0.39 is 0 Å². The minimum absolute atomic E-state index is 0.0473. The van der Waals surface area contributed by atoms with E-state index >= 15 is 0 Å². The maximum absolute atomic E-state index is 12.5. The standard InChI is InChI=1S/C22H27ClN4O/c23-19-9-4-3-8-18(19)20-14-21(26-25-20)22(28)24-11-5-12-27-13-10-16-6-1-2-7-17(16)15-27/h1-4,6-9,20-21,25-26H,5,10-15H2,(H,24,28). The van der Waals surface area contributed by atoms with Crippen LogP contribution in [0, 0.1) is 0 Å². The lowest BCUT2D eigenvalue weighted by Crippen LogP contribution is -2.44. The molecule has 0 radical (unpaired) electrons. The molecule has 2 aromatic carbocycles. The number of benzene rings is 2. The predicted molar refractivity (Wildman–Crippen MR) is 112 cm³/mol. The minimum Gasteiger partial charge on any atom is -0.355 e.